The molecular weight excluding hydrogens is 404 g/mol. The van der Waals surface area contributed by atoms with Crippen LogP contribution in [0, 0.1) is 0 Å². The Kier molecular flexibility index (Phi) is 5.81. The van der Waals surface area contributed by atoms with E-state index in [2.05, 4.69) is 69.0 Å². The van der Waals surface area contributed by atoms with E-state index in [4.69, 9.17) is 0 Å². The summed E-state index contributed by atoms with van der Waals surface area (Å²) >= 11 is 0. The van der Waals surface area contributed by atoms with Gasteiger partial charge < -0.3 is 9.97 Å². The van der Waals surface area contributed by atoms with E-state index in [9.17, 15) is 0 Å². The highest BCUT2D eigenvalue weighted by atomic mass is 14.8. The molecule has 3 aromatic heterocycles. The van der Waals surface area contributed by atoms with E-state index in [0.717, 1.165) is 51.3 Å². The van der Waals surface area contributed by atoms with Crippen LogP contribution in [-0.2, 0) is 6.42 Å². The molecule has 6 rings (SSSR count). The molecule has 2 aliphatic rings. The van der Waals surface area contributed by atoms with Crippen LogP contribution in [0.5, 0.6) is 0 Å². The second-order valence-electron chi connectivity index (χ2n) is 7.88. The number of nitrogens with zero attached hydrogens (tertiary/aromatic N) is 2. The number of aromatic amines is 2. The van der Waals surface area contributed by atoms with E-state index < -0.39 is 0 Å². The van der Waals surface area contributed by atoms with Crippen molar-refractivity contribution in [3.05, 3.63) is 120 Å². The molecule has 33 heavy (non-hydrogen) atoms. The predicted octanol–water partition coefficient (Wildman–Crippen LogP) is 7.07. The van der Waals surface area contributed by atoms with Gasteiger partial charge >= 0.3 is 0 Å². The van der Waals surface area contributed by atoms with Gasteiger partial charge in [0.1, 0.15) is 0 Å². The SMILES string of the molecule is C1=Cc2cc3ccc(cc4ccc(cc5nc(cc1n2)C=C5)[nH]4)[nH]3.C=CCc1ccccc1. The maximum atomic E-state index is 4.62. The van der Waals surface area contributed by atoms with Gasteiger partial charge in [-0.3, -0.25) is 0 Å². The molecule has 0 amide bonds. The topological polar surface area (TPSA) is 57.4 Å². The molecule has 0 saturated carbocycles. The van der Waals surface area contributed by atoms with Crippen molar-refractivity contribution in [2.75, 3.05) is 0 Å². The first kappa shape index (κ1) is 20.5. The molecule has 2 aliphatic heterocycles. The Hall–Kier alpha value is -4.44. The van der Waals surface area contributed by atoms with E-state index in [1.165, 1.54) is 5.56 Å². The third-order valence-corrected chi connectivity index (χ3v) is 5.26. The molecule has 160 valence electrons. The molecule has 8 bridgehead atoms. The number of rotatable bonds is 2. The zero-order valence-corrected chi connectivity index (χ0v) is 18.2. The highest BCUT2D eigenvalue weighted by molar-refractivity contribution is 5.77. The van der Waals surface area contributed by atoms with Crippen molar-refractivity contribution in [1.82, 2.24) is 19.9 Å². The van der Waals surface area contributed by atoms with Crippen LogP contribution < -0.4 is 0 Å². The quantitative estimate of drug-likeness (QED) is 0.290. The van der Waals surface area contributed by atoms with Gasteiger partial charge in [-0.2, -0.15) is 0 Å². The predicted molar refractivity (Wildman–Crippen MR) is 139 cm³/mol. The normalized spacial score (nSPS) is 11.6. The van der Waals surface area contributed by atoms with E-state index in [0.29, 0.717) is 0 Å². The first-order valence-corrected chi connectivity index (χ1v) is 10.9. The number of hydrogen-bond acceptors (Lipinski definition) is 2. The largest absolute Gasteiger partial charge is 0.355 e. The minimum atomic E-state index is 0.915. The maximum Gasteiger partial charge on any atom is 0.0659 e. The van der Waals surface area contributed by atoms with E-state index >= 15 is 0 Å². The highest BCUT2D eigenvalue weighted by Crippen LogP contribution is 2.17. The van der Waals surface area contributed by atoms with Crippen molar-refractivity contribution in [3.8, 4) is 0 Å². The van der Waals surface area contributed by atoms with E-state index in [-0.39, 0.29) is 0 Å². The number of aromatic nitrogens is 4. The first-order valence-electron chi connectivity index (χ1n) is 10.9. The minimum absolute atomic E-state index is 0.915. The molecule has 0 fully saturated rings. The van der Waals surface area contributed by atoms with Crippen LogP contribution in [0.4, 0.5) is 0 Å². The summed E-state index contributed by atoms with van der Waals surface area (Å²) in [7, 11) is 0. The van der Waals surface area contributed by atoms with Crippen LogP contribution >= 0.6 is 0 Å². The summed E-state index contributed by atoms with van der Waals surface area (Å²) in [6, 6.07) is 26.7. The van der Waals surface area contributed by atoms with Gasteiger partial charge in [0.2, 0.25) is 0 Å². The monoisotopic (exact) mass is 428 g/mol. The van der Waals surface area contributed by atoms with Gasteiger partial charge in [0.15, 0.2) is 0 Å². The second-order valence-corrected chi connectivity index (χ2v) is 7.88. The summed E-state index contributed by atoms with van der Waals surface area (Å²) < 4.78 is 0. The number of benzene rings is 1. The molecule has 0 aliphatic carbocycles. The highest BCUT2D eigenvalue weighted by Gasteiger charge is 2.02. The summed E-state index contributed by atoms with van der Waals surface area (Å²) in [5, 5.41) is 0. The Morgan fingerprint density at radius 3 is 1.52 bits per heavy atom. The number of allylic oxidation sites excluding steroid dienone is 1. The molecule has 5 heterocycles. The van der Waals surface area contributed by atoms with Crippen molar-refractivity contribution in [3.63, 3.8) is 0 Å². The van der Waals surface area contributed by atoms with Gasteiger partial charge in [0.05, 0.1) is 22.8 Å². The van der Waals surface area contributed by atoms with Gasteiger partial charge in [-0.1, -0.05) is 36.4 Å². The molecule has 4 nitrogen and oxygen atoms in total. The summed E-state index contributed by atoms with van der Waals surface area (Å²) in [4.78, 5) is 16.0. The first-order chi connectivity index (χ1) is 16.2. The fourth-order valence-corrected chi connectivity index (χ4v) is 3.72. The van der Waals surface area contributed by atoms with Gasteiger partial charge in [-0.05, 0) is 84.8 Å². The van der Waals surface area contributed by atoms with Gasteiger partial charge in [0.25, 0.3) is 0 Å². The van der Waals surface area contributed by atoms with E-state index in [1.807, 2.05) is 66.8 Å². The Bertz CT molecular complexity index is 1410. The van der Waals surface area contributed by atoms with Crippen LogP contribution in [0.2, 0.25) is 0 Å². The Labute approximate surface area is 192 Å². The molecule has 4 aromatic rings. The second kappa shape index (κ2) is 9.37. The lowest BCUT2D eigenvalue weighted by Gasteiger charge is -1.91. The van der Waals surface area contributed by atoms with Crippen LogP contribution in [0.3, 0.4) is 0 Å². The Morgan fingerprint density at radius 1 is 0.576 bits per heavy atom. The fraction of sp³-hybridized carbons (Fsp3) is 0.0345. The van der Waals surface area contributed by atoms with Crippen molar-refractivity contribution in [1.29, 1.82) is 0 Å². The van der Waals surface area contributed by atoms with Crippen molar-refractivity contribution < 1.29 is 0 Å². The summed E-state index contributed by atoms with van der Waals surface area (Å²) in [6.07, 6.45) is 10.9. The lowest BCUT2D eigenvalue weighted by Crippen LogP contribution is -1.77. The molecule has 1 aromatic carbocycles. The number of hydrogen-bond donors (Lipinski definition) is 2. The van der Waals surface area contributed by atoms with Crippen LogP contribution in [0.1, 0.15) is 28.3 Å². The van der Waals surface area contributed by atoms with Crippen LogP contribution in [-0.4, -0.2) is 19.9 Å². The summed E-state index contributed by atoms with van der Waals surface area (Å²) in [6.45, 7) is 3.66. The fourth-order valence-electron chi connectivity index (χ4n) is 3.72. The van der Waals surface area contributed by atoms with Crippen molar-refractivity contribution in [2.45, 2.75) is 6.42 Å². The standard InChI is InChI=1S/C20H14N4.C9H10/c1-2-14-10-16-5-6-18(23-16)12-20-8-7-19(24-20)11-17-4-3-15(22-17)9-13(1)21-14;1-2-6-9-7-4-3-5-8-9/h1-12,21-22H;2-5,7-8H,1,6H2. The van der Waals surface area contributed by atoms with Gasteiger partial charge in [0, 0.05) is 22.1 Å². The molecule has 0 spiro atoms. The molecule has 4 heteroatoms. The Morgan fingerprint density at radius 2 is 1.03 bits per heavy atom. The zero-order valence-electron chi connectivity index (χ0n) is 18.2. The molecule has 0 unspecified atom stereocenters. The number of nitrogens with one attached hydrogen (secondary N) is 2. The summed E-state index contributed by atoms with van der Waals surface area (Å²) in [5.74, 6) is 0. The average Bonchev–Trinajstić information content (AvgIpc) is 3.61. The molecular formula is C29H24N4. The van der Waals surface area contributed by atoms with Gasteiger partial charge in [-0.25, -0.2) is 9.97 Å². The number of H-pyrrole nitrogens is 2. The number of fused-ring (bicyclic) bond motifs is 8. The third-order valence-electron chi connectivity index (χ3n) is 5.26. The smallest absolute Gasteiger partial charge is 0.0659 e. The lowest BCUT2D eigenvalue weighted by atomic mass is 10.2. The van der Waals surface area contributed by atoms with E-state index in [1.54, 1.807) is 0 Å². The zero-order chi connectivity index (χ0) is 22.5. The molecule has 0 saturated heterocycles. The minimum Gasteiger partial charge on any atom is -0.355 e. The Balaban J connectivity index is 0.000000215. The summed E-state index contributed by atoms with van der Waals surface area (Å²) in [5.41, 5.74) is 9.19. The van der Waals surface area contributed by atoms with Crippen LogP contribution in [0.15, 0.2) is 91.5 Å². The van der Waals surface area contributed by atoms with Crippen LogP contribution in [0.25, 0.3) is 46.4 Å². The third kappa shape index (κ3) is 5.25. The van der Waals surface area contributed by atoms with Crippen molar-refractivity contribution in [2.24, 2.45) is 0 Å². The molecule has 0 radical (unpaired) electrons. The van der Waals surface area contributed by atoms with Gasteiger partial charge in [-0.15, -0.1) is 6.58 Å². The molecule has 2 N–H and O–H groups in total. The average molecular weight is 429 g/mol. The lowest BCUT2D eigenvalue weighted by molar-refractivity contribution is 1.28. The van der Waals surface area contributed by atoms with Crippen molar-refractivity contribution >= 4 is 46.4 Å². The maximum absolute atomic E-state index is 4.62. The molecule has 0 atom stereocenters.